The summed E-state index contributed by atoms with van der Waals surface area (Å²) in [5.41, 5.74) is 2.30. The summed E-state index contributed by atoms with van der Waals surface area (Å²) in [7, 11) is -0.355. The number of aliphatic carboxylic acids is 1. The molecule has 1 aromatic heterocycles. The molecular formula is C23H23N3O4S3. The standard InChI is InChI=1S/C23H23N3O4S3/c1-31-13-11-21(23(28)29)25-22(27)19-10-9-17(14-20(19)16-6-3-2-4-7-16)26-33(30)32-18-8-5-12-24-15-18/h2-10,12,14-15,21,26H,11,13H2,1H3,(H,25,27)(H,28,29). The molecule has 0 saturated heterocycles. The Bertz CT molecular complexity index is 1070. The molecule has 1 heterocycles. The van der Waals surface area contributed by atoms with Crippen molar-refractivity contribution in [3.8, 4) is 11.1 Å². The molecule has 3 N–H and O–H groups in total. The second kappa shape index (κ2) is 12.5. The van der Waals surface area contributed by atoms with Crippen LogP contribution in [0.25, 0.3) is 11.1 Å². The van der Waals surface area contributed by atoms with Crippen molar-refractivity contribution in [1.82, 2.24) is 10.3 Å². The van der Waals surface area contributed by atoms with E-state index in [1.807, 2.05) is 42.7 Å². The van der Waals surface area contributed by atoms with Gasteiger partial charge < -0.3 is 15.0 Å². The number of amides is 1. The smallest absolute Gasteiger partial charge is 0.326 e. The molecule has 3 rings (SSSR count). The number of nitrogens with zero attached hydrogens (tertiary/aromatic N) is 1. The summed E-state index contributed by atoms with van der Waals surface area (Å²) in [5.74, 6) is -0.925. The summed E-state index contributed by atoms with van der Waals surface area (Å²) in [4.78, 5) is 29.4. The van der Waals surface area contributed by atoms with E-state index >= 15 is 0 Å². The first-order valence-electron chi connectivity index (χ1n) is 9.97. The molecule has 0 fully saturated rings. The lowest BCUT2D eigenvalue weighted by Crippen LogP contribution is -2.41. The number of carbonyl (C=O) groups is 2. The van der Waals surface area contributed by atoms with Crippen LogP contribution in [0, 0.1) is 0 Å². The van der Waals surface area contributed by atoms with Gasteiger partial charge >= 0.3 is 5.97 Å². The first-order valence-corrected chi connectivity index (χ1v) is 13.8. The first-order chi connectivity index (χ1) is 16.0. The molecule has 7 nitrogen and oxygen atoms in total. The molecule has 0 aliphatic heterocycles. The lowest BCUT2D eigenvalue weighted by atomic mass is 9.98. The van der Waals surface area contributed by atoms with Crippen LogP contribution in [-0.2, 0) is 15.2 Å². The van der Waals surface area contributed by atoms with Gasteiger partial charge in [0.25, 0.3) is 5.91 Å². The zero-order valence-corrected chi connectivity index (χ0v) is 20.2. The molecular weight excluding hydrogens is 478 g/mol. The highest BCUT2D eigenvalue weighted by Gasteiger charge is 2.23. The van der Waals surface area contributed by atoms with E-state index < -0.39 is 28.3 Å². The van der Waals surface area contributed by atoms with E-state index in [9.17, 15) is 19.2 Å². The van der Waals surface area contributed by atoms with Gasteiger partial charge in [-0.15, -0.1) is 0 Å². The lowest BCUT2D eigenvalue weighted by Gasteiger charge is -2.17. The number of benzene rings is 2. The monoisotopic (exact) mass is 501 g/mol. The Kier molecular flexibility index (Phi) is 9.49. The second-order valence-corrected chi connectivity index (χ2v) is 10.6. The number of carbonyl (C=O) groups excluding carboxylic acids is 1. The van der Waals surface area contributed by atoms with Crippen LogP contribution in [0.5, 0.6) is 0 Å². The van der Waals surface area contributed by atoms with E-state index in [0.29, 0.717) is 29.0 Å². The van der Waals surface area contributed by atoms with E-state index in [4.69, 9.17) is 0 Å². The van der Waals surface area contributed by atoms with Gasteiger partial charge in [-0.05, 0) is 59.9 Å². The number of hydrogen-bond donors (Lipinski definition) is 3. The molecule has 0 saturated carbocycles. The fourth-order valence-electron chi connectivity index (χ4n) is 2.99. The summed E-state index contributed by atoms with van der Waals surface area (Å²) in [5, 5.41) is 12.1. The molecule has 1 amide bonds. The zero-order valence-electron chi connectivity index (χ0n) is 17.8. The average Bonchev–Trinajstić information content (AvgIpc) is 2.82. The number of pyridine rings is 1. The number of rotatable bonds is 11. The minimum Gasteiger partial charge on any atom is -0.581 e. The van der Waals surface area contributed by atoms with Crippen LogP contribution in [0.1, 0.15) is 16.8 Å². The summed E-state index contributed by atoms with van der Waals surface area (Å²) >= 11 is 1.52. The van der Waals surface area contributed by atoms with Crippen molar-refractivity contribution in [2.75, 3.05) is 16.7 Å². The number of thioether (sulfide) groups is 1. The third kappa shape index (κ3) is 7.43. The third-order valence-electron chi connectivity index (χ3n) is 4.57. The molecule has 0 bridgehead atoms. The van der Waals surface area contributed by atoms with Gasteiger partial charge in [-0.1, -0.05) is 30.3 Å². The quantitative estimate of drug-likeness (QED) is 0.260. The molecule has 2 atom stereocenters. The predicted molar refractivity (Wildman–Crippen MR) is 136 cm³/mol. The van der Waals surface area contributed by atoms with Gasteiger partial charge in [0.1, 0.15) is 16.4 Å². The maximum Gasteiger partial charge on any atom is 0.326 e. The van der Waals surface area contributed by atoms with Gasteiger partial charge in [-0.3, -0.25) is 9.78 Å². The van der Waals surface area contributed by atoms with Crippen molar-refractivity contribution in [2.24, 2.45) is 0 Å². The Labute approximate surface area is 203 Å². The first kappa shape index (κ1) is 25.0. The van der Waals surface area contributed by atoms with E-state index in [1.54, 1.807) is 36.7 Å². The predicted octanol–water partition coefficient (Wildman–Crippen LogP) is 4.47. The Morgan fingerprint density at radius 1 is 1.15 bits per heavy atom. The molecule has 33 heavy (non-hydrogen) atoms. The highest BCUT2D eigenvalue weighted by atomic mass is 33.1. The van der Waals surface area contributed by atoms with E-state index in [0.717, 1.165) is 21.3 Å². The Morgan fingerprint density at radius 2 is 1.94 bits per heavy atom. The molecule has 172 valence electrons. The second-order valence-electron chi connectivity index (χ2n) is 6.88. The van der Waals surface area contributed by atoms with Crippen molar-refractivity contribution in [1.29, 1.82) is 0 Å². The van der Waals surface area contributed by atoms with Gasteiger partial charge in [0.05, 0.1) is 10.6 Å². The van der Waals surface area contributed by atoms with E-state index in [2.05, 4.69) is 15.0 Å². The highest BCUT2D eigenvalue weighted by molar-refractivity contribution is 8.72. The number of anilines is 1. The van der Waals surface area contributed by atoms with Crippen molar-refractivity contribution in [3.63, 3.8) is 0 Å². The van der Waals surface area contributed by atoms with Gasteiger partial charge in [-0.2, -0.15) is 16.5 Å². The van der Waals surface area contributed by atoms with Crippen molar-refractivity contribution < 1.29 is 19.2 Å². The average molecular weight is 502 g/mol. The fraction of sp³-hybridized carbons (Fsp3) is 0.174. The van der Waals surface area contributed by atoms with Crippen LogP contribution in [-0.4, -0.2) is 44.6 Å². The summed E-state index contributed by atoms with van der Waals surface area (Å²) in [6, 6.07) is 16.9. The SMILES string of the molecule is CSCCC(NC(=O)c1ccc(N[S+]([O-])Sc2cccnc2)cc1-c1ccccc1)C(=O)O. The third-order valence-corrected chi connectivity index (χ3v) is 7.48. The van der Waals surface area contributed by atoms with Crippen molar-refractivity contribution in [2.45, 2.75) is 17.4 Å². The molecule has 10 heteroatoms. The van der Waals surface area contributed by atoms with Gasteiger partial charge in [0.15, 0.2) is 10.8 Å². The Balaban J connectivity index is 1.84. The number of hydrogen-bond acceptors (Lipinski definition) is 7. The van der Waals surface area contributed by atoms with Gasteiger partial charge in [-0.25, -0.2) is 4.79 Å². The van der Waals surface area contributed by atoms with Crippen molar-refractivity contribution in [3.05, 3.63) is 78.6 Å². The minimum atomic E-state index is -1.48. The molecule has 0 aliphatic rings. The summed E-state index contributed by atoms with van der Waals surface area (Å²) in [6.07, 6.45) is 5.49. The highest BCUT2D eigenvalue weighted by Crippen LogP contribution is 2.30. The maximum atomic E-state index is 13.0. The zero-order chi connectivity index (χ0) is 23.6. The fourth-order valence-corrected chi connectivity index (χ4v) is 5.47. The van der Waals surface area contributed by atoms with Gasteiger partial charge in [0.2, 0.25) is 0 Å². The normalized spacial score (nSPS) is 12.5. The van der Waals surface area contributed by atoms with Crippen LogP contribution in [0.4, 0.5) is 5.69 Å². The van der Waals surface area contributed by atoms with Crippen LogP contribution in [0.3, 0.4) is 0 Å². The van der Waals surface area contributed by atoms with Crippen LogP contribution in [0.2, 0.25) is 0 Å². The lowest BCUT2D eigenvalue weighted by molar-refractivity contribution is -0.139. The van der Waals surface area contributed by atoms with Crippen LogP contribution in [0.15, 0.2) is 78.0 Å². The summed E-state index contributed by atoms with van der Waals surface area (Å²) in [6.45, 7) is 0. The number of aromatic nitrogens is 1. The topological polar surface area (TPSA) is 114 Å². The summed E-state index contributed by atoms with van der Waals surface area (Å²) < 4.78 is 15.5. The molecule has 2 aromatic carbocycles. The number of nitrogens with one attached hydrogen (secondary N) is 2. The van der Waals surface area contributed by atoms with Crippen LogP contribution >= 0.6 is 22.6 Å². The molecule has 0 aliphatic carbocycles. The van der Waals surface area contributed by atoms with Crippen molar-refractivity contribution >= 4 is 50.5 Å². The number of carboxylic acid groups (broad SMARTS) is 1. The van der Waals surface area contributed by atoms with E-state index in [1.165, 1.54) is 11.8 Å². The number of carboxylic acids is 1. The minimum absolute atomic E-state index is 0.326. The van der Waals surface area contributed by atoms with Gasteiger partial charge in [0, 0.05) is 18.0 Å². The Morgan fingerprint density at radius 3 is 2.61 bits per heavy atom. The van der Waals surface area contributed by atoms with Crippen LogP contribution < -0.4 is 10.0 Å². The largest absolute Gasteiger partial charge is 0.581 e. The molecule has 2 unspecified atom stereocenters. The molecule has 3 aromatic rings. The molecule has 0 radical (unpaired) electrons. The van der Waals surface area contributed by atoms with E-state index in [-0.39, 0.29) is 0 Å². The Hall–Kier alpha value is -2.66. The molecule has 0 spiro atoms. The maximum absolute atomic E-state index is 13.0.